The summed E-state index contributed by atoms with van der Waals surface area (Å²) in [5, 5.41) is 3.19. The Morgan fingerprint density at radius 2 is 1.85 bits per heavy atom. The maximum absolute atomic E-state index is 12.5. The summed E-state index contributed by atoms with van der Waals surface area (Å²) in [5.41, 5.74) is 0. The number of amides is 1. The number of nitrogens with zero attached hydrogens (tertiary/aromatic N) is 2. The van der Waals surface area contributed by atoms with Crippen LogP contribution in [0.15, 0.2) is 52.0 Å². The van der Waals surface area contributed by atoms with Gasteiger partial charge >= 0.3 is 0 Å². The van der Waals surface area contributed by atoms with Crippen molar-refractivity contribution >= 4 is 27.5 Å². The molecule has 9 heteroatoms. The van der Waals surface area contributed by atoms with Gasteiger partial charge in [-0.15, -0.1) is 0 Å². The van der Waals surface area contributed by atoms with E-state index in [4.69, 9.17) is 16.0 Å². The Hall–Kier alpha value is -1.87. The number of halogens is 1. The van der Waals surface area contributed by atoms with Crippen molar-refractivity contribution in [2.75, 3.05) is 34.2 Å². The third-order valence-electron chi connectivity index (χ3n) is 3.88. The molecule has 1 heterocycles. The van der Waals surface area contributed by atoms with Crippen LogP contribution < -0.4 is 5.32 Å². The molecular weight excluding hydrogens is 378 g/mol. The summed E-state index contributed by atoms with van der Waals surface area (Å²) in [6.45, 7) is 0.0114. The third-order valence-corrected chi connectivity index (χ3v) is 5.95. The number of carbonyl (C=O) groups is 1. The van der Waals surface area contributed by atoms with E-state index in [1.54, 1.807) is 12.3 Å². The number of carbonyl (C=O) groups excluding carboxylic acids is 1. The molecule has 0 fully saturated rings. The van der Waals surface area contributed by atoms with E-state index < -0.39 is 15.9 Å². The first-order valence-corrected chi connectivity index (χ1v) is 9.72. The maximum Gasteiger partial charge on any atom is 0.243 e. The average molecular weight is 400 g/mol. The molecule has 7 nitrogen and oxygen atoms in total. The monoisotopic (exact) mass is 399 g/mol. The summed E-state index contributed by atoms with van der Waals surface area (Å²) in [6, 6.07) is 9.26. The van der Waals surface area contributed by atoms with Gasteiger partial charge in [0.2, 0.25) is 15.9 Å². The largest absolute Gasteiger partial charge is 0.468 e. The Balaban J connectivity index is 1.97. The molecule has 0 saturated heterocycles. The van der Waals surface area contributed by atoms with Crippen molar-refractivity contribution in [3.63, 3.8) is 0 Å². The number of sulfonamides is 1. The molecule has 26 heavy (non-hydrogen) atoms. The number of nitrogens with one attached hydrogen (secondary N) is 1. The summed E-state index contributed by atoms with van der Waals surface area (Å²) < 4.78 is 31.4. The van der Waals surface area contributed by atoms with E-state index in [2.05, 4.69) is 5.32 Å². The highest BCUT2D eigenvalue weighted by Gasteiger charge is 2.24. The average Bonchev–Trinajstić information content (AvgIpc) is 3.09. The first-order chi connectivity index (χ1) is 12.2. The lowest BCUT2D eigenvalue weighted by atomic mass is 10.2. The summed E-state index contributed by atoms with van der Waals surface area (Å²) >= 11 is 5.78. The Morgan fingerprint density at radius 3 is 2.38 bits per heavy atom. The highest BCUT2D eigenvalue weighted by atomic mass is 35.5. The number of benzene rings is 1. The fourth-order valence-electron chi connectivity index (χ4n) is 2.36. The van der Waals surface area contributed by atoms with Crippen molar-refractivity contribution in [1.29, 1.82) is 0 Å². The van der Waals surface area contributed by atoms with E-state index >= 15 is 0 Å². The van der Waals surface area contributed by atoms with Crippen molar-refractivity contribution in [1.82, 2.24) is 14.5 Å². The molecule has 1 unspecified atom stereocenters. The van der Waals surface area contributed by atoms with Crippen LogP contribution in [0.2, 0.25) is 5.02 Å². The molecule has 2 rings (SSSR count). The third kappa shape index (κ3) is 5.07. The second-order valence-electron chi connectivity index (χ2n) is 6.01. The van der Waals surface area contributed by atoms with Gasteiger partial charge in [0.15, 0.2) is 0 Å². The van der Waals surface area contributed by atoms with E-state index in [9.17, 15) is 13.2 Å². The van der Waals surface area contributed by atoms with Crippen LogP contribution in [0.4, 0.5) is 0 Å². The molecule has 0 bridgehead atoms. The van der Waals surface area contributed by atoms with Gasteiger partial charge in [0.05, 0.1) is 23.7 Å². The highest BCUT2D eigenvalue weighted by Crippen LogP contribution is 2.18. The Labute approximate surface area is 158 Å². The SMILES string of the molecule is CN(C)C(CNC(=O)CN(C)S(=O)(=O)c1ccc(Cl)cc1)c1ccco1. The van der Waals surface area contributed by atoms with Crippen LogP contribution in [0.5, 0.6) is 0 Å². The van der Waals surface area contributed by atoms with Crippen molar-refractivity contribution in [2.45, 2.75) is 10.9 Å². The minimum Gasteiger partial charge on any atom is -0.468 e. The van der Waals surface area contributed by atoms with Gasteiger partial charge in [-0.25, -0.2) is 8.42 Å². The lowest BCUT2D eigenvalue weighted by Crippen LogP contribution is -2.41. The Bertz CT molecular complexity index is 820. The van der Waals surface area contributed by atoms with Crippen LogP contribution >= 0.6 is 11.6 Å². The summed E-state index contributed by atoms with van der Waals surface area (Å²) in [5.74, 6) is 0.320. The predicted octanol–water partition coefficient (Wildman–Crippen LogP) is 1.97. The Morgan fingerprint density at radius 1 is 1.19 bits per heavy atom. The lowest BCUT2D eigenvalue weighted by molar-refractivity contribution is -0.121. The van der Waals surface area contributed by atoms with Crippen LogP contribution in [-0.2, 0) is 14.8 Å². The van der Waals surface area contributed by atoms with E-state index in [0.717, 1.165) is 10.1 Å². The number of hydrogen-bond acceptors (Lipinski definition) is 5. The first kappa shape index (κ1) is 20.4. The van der Waals surface area contributed by atoms with Crippen molar-refractivity contribution in [2.24, 2.45) is 0 Å². The van der Waals surface area contributed by atoms with Gasteiger partial charge in [0.25, 0.3) is 0 Å². The molecule has 1 aromatic heterocycles. The van der Waals surface area contributed by atoms with E-state index in [-0.39, 0.29) is 17.5 Å². The van der Waals surface area contributed by atoms with Gasteiger partial charge in [-0.3, -0.25) is 9.69 Å². The Kier molecular flexibility index (Phi) is 6.82. The van der Waals surface area contributed by atoms with Crippen LogP contribution in [0, 0.1) is 0 Å². The van der Waals surface area contributed by atoms with Crippen LogP contribution in [0.1, 0.15) is 11.8 Å². The summed E-state index contributed by atoms with van der Waals surface area (Å²) in [4.78, 5) is 14.2. The zero-order valence-corrected chi connectivity index (χ0v) is 16.4. The molecule has 142 valence electrons. The normalized spacial score (nSPS) is 13.2. The van der Waals surface area contributed by atoms with Crippen molar-refractivity contribution in [3.05, 3.63) is 53.4 Å². The van der Waals surface area contributed by atoms with Crippen LogP contribution in [0.3, 0.4) is 0 Å². The molecule has 1 atom stereocenters. The number of furan rings is 1. The molecule has 0 saturated carbocycles. The number of likely N-dealkylation sites (N-methyl/N-ethyl adjacent to an activating group) is 2. The van der Waals surface area contributed by atoms with Crippen LogP contribution in [-0.4, -0.2) is 57.8 Å². The van der Waals surface area contributed by atoms with Crippen molar-refractivity contribution < 1.29 is 17.6 Å². The van der Waals surface area contributed by atoms with E-state index in [1.807, 2.05) is 25.1 Å². The molecule has 1 amide bonds. The molecule has 0 aliphatic carbocycles. The van der Waals surface area contributed by atoms with Gasteiger partial charge in [0.1, 0.15) is 5.76 Å². The van der Waals surface area contributed by atoms with E-state index in [0.29, 0.717) is 11.6 Å². The zero-order chi connectivity index (χ0) is 19.3. The number of hydrogen-bond donors (Lipinski definition) is 1. The quantitative estimate of drug-likeness (QED) is 0.733. The van der Waals surface area contributed by atoms with Gasteiger partial charge in [-0.05, 0) is 50.5 Å². The van der Waals surface area contributed by atoms with Crippen LogP contribution in [0.25, 0.3) is 0 Å². The maximum atomic E-state index is 12.5. The van der Waals surface area contributed by atoms with Crippen molar-refractivity contribution in [3.8, 4) is 0 Å². The lowest BCUT2D eigenvalue weighted by Gasteiger charge is -2.23. The van der Waals surface area contributed by atoms with E-state index in [1.165, 1.54) is 31.3 Å². The molecular formula is C17H22ClN3O4S. The topological polar surface area (TPSA) is 82.9 Å². The van der Waals surface area contributed by atoms with Gasteiger partial charge in [-0.2, -0.15) is 4.31 Å². The number of rotatable bonds is 8. The second kappa shape index (κ2) is 8.68. The minimum absolute atomic E-state index is 0.0824. The molecule has 0 radical (unpaired) electrons. The molecule has 1 aromatic carbocycles. The summed E-state index contributed by atoms with van der Waals surface area (Å²) in [6.07, 6.45) is 1.57. The predicted molar refractivity (Wildman–Crippen MR) is 99.4 cm³/mol. The minimum atomic E-state index is -3.76. The fraction of sp³-hybridized carbons (Fsp3) is 0.353. The first-order valence-electron chi connectivity index (χ1n) is 7.90. The van der Waals surface area contributed by atoms with Gasteiger partial charge < -0.3 is 9.73 Å². The zero-order valence-electron chi connectivity index (χ0n) is 14.8. The summed E-state index contributed by atoms with van der Waals surface area (Å²) in [7, 11) is 1.34. The van der Waals surface area contributed by atoms with Gasteiger partial charge in [-0.1, -0.05) is 11.6 Å². The second-order valence-corrected chi connectivity index (χ2v) is 8.50. The smallest absolute Gasteiger partial charge is 0.243 e. The standard InChI is InChI=1S/C17H22ClN3O4S/c1-20(2)15(16-5-4-10-25-16)11-19-17(22)12-21(3)26(23,24)14-8-6-13(18)7-9-14/h4-10,15H,11-12H2,1-3H3,(H,19,22). The molecule has 1 N–H and O–H groups in total. The molecule has 0 aliphatic heterocycles. The molecule has 0 spiro atoms. The molecule has 0 aliphatic rings. The highest BCUT2D eigenvalue weighted by molar-refractivity contribution is 7.89. The molecule has 2 aromatic rings. The fourth-order valence-corrected chi connectivity index (χ4v) is 3.61. The van der Waals surface area contributed by atoms with Gasteiger partial charge in [0, 0.05) is 18.6 Å².